The number of carbonyl (C=O) groups is 1. The van der Waals surface area contributed by atoms with Gasteiger partial charge in [-0.1, -0.05) is 6.07 Å². The number of hydrogen-bond acceptors (Lipinski definition) is 6. The maximum Gasteiger partial charge on any atom is 0.243 e. The molecule has 0 aromatic heterocycles. The number of rotatable bonds is 7. The van der Waals surface area contributed by atoms with Gasteiger partial charge in [-0.05, 0) is 63.5 Å². The smallest absolute Gasteiger partial charge is 0.243 e. The highest BCUT2D eigenvalue weighted by molar-refractivity contribution is 7.89. The van der Waals surface area contributed by atoms with Crippen molar-refractivity contribution in [1.29, 1.82) is 0 Å². The van der Waals surface area contributed by atoms with Crippen molar-refractivity contribution in [1.82, 2.24) is 14.1 Å². The maximum absolute atomic E-state index is 12.9. The fourth-order valence-electron chi connectivity index (χ4n) is 4.63. The van der Waals surface area contributed by atoms with Crippen LogP contribution < -0.4 is 5.32 Å². The van der Waals surface area contributed by atoms with Crippen molar-refractivity contribution in [3.05, 3.63) is 24.3 Å². The fraction of sp³-hybridized carbons (Fsp3) is 0.667. The molecule has 3 saturated heterocycles. The van der Waals surface area contributed by atoms with Crippen LogP contribution in [0.25, 0.3) is 0 Å². The van der Waals surface area contributed by atoms with E-state index in [9.17, 15) is 13.2 Å². The summed E-state index contributed by atoms with van der Waals surface area (Å²) in [4.78, 5) is 17.6. The largest absolute Gasteiger partial charge is 0.379 e. The summed E-state index contributed by atoms with van der Waals surface area (Å²) in [6.07, 6.45) is 4.81. The average molecular weight is 437 g/mol. The van der Waals surface area contributed by atoms with Crippen molar-refractivity contribution in [3.8, 4) is 0 Å². The first-order chi connectivity index (χ1) is 14.5. The van der Waals surface area contributed by atoms with Gasteiger partial charge < -0.3 is 15.0 Å². The van der Waals surface area contributed by atoms with Gasteiger partial charge in [-0.3, -0.25) is 9.69 Å². The molecule has 1 N–H and O–H groups in total. The Labute approximate surface area is 179 Å². The molecule has 3 aliphatic rings. The van der Waals surface area contributed by atoms with Crippen molar-refractivity contribution in [3.63, 3.8) is 0 Å². The zero-order chi connectivity index (χ0) is 21.0. The molecule has 9 heteroatoms. The minimum absolute atomic E-state index is 0.0933. The Morgan fingerprint density at radius 1 is 1.07 bits per heavy atom. The number of ether oxygens (including phenoxy) is 1. The van der Waals surface area contributed by atoms with Gasteiger partial charge in [0.15, 0.2) is 0 Å². The third-order valence-electron chi connectivity index (χ3n) is 6.24. The fourth-order valence-corrected chi connectivity index (χ4v) is 6.08. The van der Waals surface area contributed by atoms with Crippen LogP contribution >= 0.6 is 0 Å². The standard InChI is InChI=1S/C21H32N4O4S/c26-21(17-24-10-4-6-19(24)16-23-8-1-2-9-23)22-18-5-3-7-20(15-18)30(27,28)25-11-13-29-14-12-25/h3,5,7,15,19H,1-2,4,6,8-14,16-17H2,(H,22,26). The minimum atomic E-state index is -3.58. The van der Waals surface area contributed by atoms with Gasteiger partial charge in [0.05, 0.1) is 24.7 Å². The minimum Gasteiger partial charge on any atom is -0.379 e. The lowest BCUT2D eigenvalue weighted by molar-refractivity contribution is -0.117. The summed E-state index contributed by atoms with van der Waals surface area (Å²) in [5, 5.41) is 2.90. The lowest BCUT2D eigenvalue weighted by atomic mass is 10.2. The molecule has 3 aliphatic heterocycles. The molecule has 8 nitrogen and oxygen atoms in total. The number of sulfonamides is 1. The Bertz CT molecular complexity index is 835. The zero-order valence-corrected chi connectivity index (χ0v) is 18.3. The van der Waals surface area contributed by atoms with E-state index in [0.29, 0.717) is 44.6 Å². The van der Waals surface area contributed by atoms with E-state index in [-0.39, 0.29) is 10.8 Å². The van der Waals surface area contributed by atoms with E-state index in [0.717, 1.165) is 25.9 Å². The summed E-state index contributed by atoms with van der Waals surface area (Å²) < 4.78 is 32.4. The number of nitrogens with zero attached hydrogens (tertiary/aromatic N) is 3. The molecule has 30 heavy (non-hydrogen) atoms. The number of benzene rings is 1. The lowest BCUT2D eigenvalue weighted by Gasteiger charge is -2.28. The van der Waals surface area contributed by atoms with Gasteiger partial charge in [0, 0.05) is 31.4 Å². The van der Waals surface area contributed by atoms with E-state index in [1.807, 2.05) is 0 Å². The third-order valence-corrected chi connectivity index (χ3v) is 8.13. The normalized spacial score (nSPS) is 24.3. The molecule has 0 bridgehead atoms. The highest BCUT2D eigenvalue weighted by Crippen LogP contribution is 2.22. The molecule has 3 fully saturated rings. The highest BCUT2D eigenvalue weighted by Gasteiger charge is 2.29. The number of amides is 1. The van der Waals surface area contributed by atoms with Crippen molar-refractivity contribution >= 4 is 21.6 Å². The Balaban J connectivity index is 1.35. The number of hydrogen-bond donors (Lipinski definition) is 1. The molecule has 166 valence electrons. The molecule has 1 amide bonds. The van der Waals surface area contributed by atoms with Crippen molar-refractivity contribution in [2.24, 2.45) is 0 Å². The summed E-state index contributed by atoms with van der Waals surface area (Å²) >= 11 is 0. The number of carbonyl (C=O) groups excluding carboxylic acids is 1. The number of nitrogens with one attached hydrogen (secondary N) is 1. The molecule has 1 aromatic carbocycles. The highest BCUT2D eigenvalue weighted by atomic mass is 32.2. The van der Waals surface area contributed by atoms with Gasteiger partial charge in [0.25, 0.3) is 0 Å². The molecular weight excluding hydrogens is 404 g/mol. The average Bonchev–Trinajstić information content (AvgIpc) is 3.42. The van der Waals surface area contributed by atoms with Crippen LogP contribution in [0.3, 0.4) is 0 Å². The molecule has 1 aromatic rings. The summed E-state index contributed by atoms with van der Waals surface area (Å²) in [6, 6.07) is 6.97. The maximum atomic E-state index is 12.9. The quantitative estimate of drug-likeness (QED) is 0.692. The Kier molecular flexibility index (Phi) is 7.05. The third kappa shape index (κ3) is 5.20. The van der Waals surface area contributed by atoms with Crippen molar-refractivity contribution in [2.75, 3.05) is 64.3 Å². The molecule has 1 atom stereocenters. The molecule has 3 heterocycles. The first kappa shape index (κ1) is 21.7. The molecule has 0 saturated carbocycles. The van der Waals surface area contributed by atoms with E-state index >= 15 is 0 Å². The van der Waals surface area contributed by atoms with Gasteiger partial charge in [0.2, 0.25) is 15.9 Å². The summed E-state index contributed by atoms with van der Waals surface area (Å²) in [7, 11) is -3.58. The molecule has 1 unspecified atom stereocenters. The van der Waals surface area contributed by atoms with Gasteiger partial charge >= 0.3 is 0 Å². The number of likely N-dealkylation sites (tertiary alicyclic amines) is 2. The molecule has 4 rings (SSSR count). The van der Waals surface area contributed by atoms with Crippen molar-refractivity contribution < 1.29 is 17.9 Å². The van der Waals surface area contributed by atoms with Gasteiger partial charge in [-0.2, -0.15) is 4.31 Å². The Morgan fingerprint density at radius 2 is 1.83 bits per heavy atom. The molecule has 0 radical (unpaired) electrons. The molecular formula is C21H32N4O4S. The first-order valence-corrected chi connectivity index (χ1v) is 12.4. The van der Waals surface area contributed by atoms with E-state index in [1.165, 1.54) is 30.2 Å². The molecule has 0 spiro atoms. The van der Waals surface area contributed by atoms with Crippen LogP contribution in [0, 0.1) is 0 Å². The molecule has 0 aliphatic carbocycles. The van der Waals surface area contributed by atoms with E-state index in [4.69, 9.17) is 4.74 Å². The SMILES string of the molecule is O=C(CN1CCCC1CN1CCCC1)Nc1cccc(S(=O)(=O)N2CCOCC2)c1. The topological polar surface area (TPSA) is 82.2 Å². The second-order valence-corrected chi connectivity index (χ2v) is 10.3. The predicted molar refractivity (Wildman–Crippen MR) is 115 cm³/mol. The van der Waals surface area contributed by atoms with Crippen LogP contribution in [0.4, 0.5) is 5.69 Å². The second kappa shape index (κ2) is 9.74. The van der Waals surface area contributed by atoms with Gasteiger partial charge in [-0.25, -0.2) is 8.42 Å². The summed E-state index contributed by atoms with van der Waals surface area (Å²) in [5.41, 5.74) is 0.518. The van der Waals surface area contributed by atoms with E-state index < -0.39 is 10.0 Å². The summed E-state index contributed by atoms with van der Waals surface area (Å²) in [5.74, 6) is -0.0933. The first-order valence-electron chi connectivity index (χ1n) is 11.0. The van der Waals surface area contributed by atoms with Crippen LogP contribution in [-0.2, 0) is 19.6 Å². The Morgan fingerprint density at radius 3 is 2.60 bits per heavy atom. The summed E-state index contributed by atoms with van der Waals surface area (Å²) in [6.45, 7) is 6.19. The van der Waals surface area contributed by atoms with Crippen molar-refractivity contribution in [2.45, 2.75) is 36.6 Å². The monoisotopic (exact) mass is 436 g/mol. The Hall–Kier alpha value is -1.52. The second-order valence-electron chi connectivity index (χ2n) is 8.37. The van der Waals surface area contributed by atoms with Gasteiger partial charge in [0.1, 0.15) is 0 Å². The van der Waals surface area contributed by atoms with Crippen LogP contribution in [0.5, 0.6) is 0 Å². The van der Waals surface area contributed by atoms with E-state index in [2.05, 4.69) is 15.1 Å². The van der Waals surface area contributed by atoms with Crippen LogP contribution in [0.2, 0.25) is 0 Å². The van der Waals surface area contributed by atoms with E-state index in [1.54, 1.807) is 24.3 Å². The van der Waals surface area contributed by atoms with Crippen LogP contribution in [-0.4, -0.2) is 93.5 Å². The van der Waals surface area contributed by atoms with Crippen LogP contribution in [0.1, 0.15) is 25.7 Å². The lowest BCUT2D eigenvalue weighted by Crippen LogP contribution is -2.42. The number of morpholine rings is 1. The predicted octanol–water partition coefficient (Wildman–Crippen LogP) is 1.21. The number of anilines is 1. The van der Waals surface area contributed by atoms with Crippen LogP contribution in [0.15, 0.2) is 29.2 Å². The zero-order valence-electron chi connectivity index (χ0n) is 17.5. The van der Waals surface area contributed by atoms with Gasteiger partial charge in [-0.15, -0.1) is 0 Å².